The fourth-order valence-electron chi connectivity index (χ4n) is 1.56. The fourth-order valence-corrected chi connectivity index (χ4v) is 1.75. The first-order valence-corrected chi connectivity index (χ1v) is 4.48. The van der Waals surface area contributed by atoms with Gasteiger partial charge >= 0.3 is 0 Å². The van der Waals surface area contributed by atoms with Gasteiger partial charge in [0.25, 0.3) is 0 Å². The molecule has 0 radical (unpaired) electrons. The summed E-state index contributed by atoms with van der Waals surface area (Å²) < 4.78 is 5.26. The van der Waals surface area contributed by atoms with Gasteiger partial charge in [-0.1, -0.05) is 0 Å². The highest BCUT2D eigenvalue weighted by Crippen LogP contribution is 2.29. The molecule has 66 valence electrons. The summed E-state index contributed by atoms with van der Waals surface area (Å²) in [5.74, 6) is 0. The molecule has 0 aromatic rings. The molecule has 0 amide bonds. The van der Waals surface area contributed by atoms with Crippen molar-refractivity contribution in [1.29, 1.82) is 0 Å². The molecule has 0 atom stereocenters. The topological polar surface area (TPSA) is 21.3 Å². The number of hydrogen-bond acceptors (Lipinski definition) is 2. The Morgan fingerprint density at radius 2 is 2.00 bits per heavy atom. The molecule has 1 N–H and O–H groups in total. The van der Waals surface area contributed by atoms with Gasteiger partial charge in [-0.2, -0.15) is 0 Å². The Morgan fingerprint density at radius 1 is 1.45 bits per heavy atom. The van der Waals surface area contributed by atoms with Gasteiger partial charge in [0.05, 0.1) is 6.10 Å². The Bertz CT molecular complexity index is 121. The average Bonchev–Trinajstić information content (AvgIpc) is 2.06. The van der Waals surface area contributed by atoms with E-state index in [9.17, 15) is 0 Å². The van der Waals surface area contributed by atoms with Crippen molar-refractivity contribution >= 4 is 11.8 Å². The van der Waals surface area contributed by atoms with E-state index >= 15 is 0 Å². The molecule has 0 spiro atoms. The number of ether oxygens (including phenoxy) is 1. The highest BCUT2D eigenvalue weighted by Gasteiger charge is 2.29. The van der Waals surface area contributed by atoms with Crippen LogP contribution in [0.2, 0.25) is 0 Å². The Balaban J connectivity index is 2.35. The summed E-state index contributed by atoms with van der Waals surface area (Å²) in [6.07, 6.45) is 4.90. The average molecular weight is 178 g/mol. The maximum atomic E-state index is 5.62. The van der Waals surface area contributed by atoms with E-state index in [2.05, 4.69) is 11.8 Å². The molecular formula is C8H16ClNO. The number of hydrogen-bond donors (Lipinski definition) is 1. The molecule has 0 saturated heterocycles. The molecule has 1 aliphatic carbocycles. The second-order valence-corrected chi connectivity index (χ2v) is 3.78. The van der Waals surface area contributed by atoms with Crippen molar-refractivity contribution < 1.29 is 4.74 Å². The molecule has 0 aromatic carbocycles. The smallest absolute Gasteiger partial charge is 0.0572 e. The minimum Gasteiger partial charge on any atom is -0.381 e. The summed E-state index contributed by atoms with van der Waals surface area (Å²) in [6.45, 7) is 2.16. The van der Waals surface area contributed by atoms with E-state index in [0.29, 0.717) is 6.10 Å². The summed E-state index contributed by atoms with van der Waals surface area (Å²) >= 11 is 5.62. The zero-order valence-electron chi connectivity index (χ0n) is 7.19. The molecule has 0 heterocycles. The van der Waals surface area contributed by atoms with Crippen LogP contribution in [0.15, 0.2) is 0 Å². The van der Waals surface area contributed by atoms with Gasteiger partial charge in [-0.25, -0.2) is 4.84 Å². The minimum absolute atomic E-state index is 0.136. The zero-order valence-corrected chi connectivity index (χ0v) is 7.95. The molecule has 1 fully saturated rings. The monoisotopic (exact) mass is 177 g/mol. The highest BCUT2D eigenvalue weighted by molar-refractivity contribution is 6.13. The predicted molar refractivity (Wildman–Crippen MR) is 46.7 cm³/mol. The van der Waals surface area contributed by atoms with Crippen LogP contribution in [0.5, 0.6) is 0 Å². The summed E-state index contributed by atoms with van der Waals surface area (Å²) in [5, 5.41) is 0. The van der Waals surface area contributed by atoms with Gasteiger partial charge in [-0.15, -0.1) is 0 Å². The van der Waals surface area contributed by atoms with Crippen LogP contribution >= 0.6 is 11.8 Å². The molecule has 1 aliphatic rings. The lowest BCUT2D eigenvalue weighted by molar-refractivity contribution is 0.0502. The van der Waals surface area contributed by atoms with Gasteiger partial charge in [0.15, 0.2) is 0 Å². The number of nitrogens with one attached hydrogen (secondary N) is 1. The second-order valence-electron chi connectivity index (χ2n) is 3.59. The maximum Gasteiger partial charge on any atom is 0.0572 e. The van der Waals surface area contributed by atoms with Crippen molar-refractivity contribution in [2.75, 3.05) is 7.11 Å². The van der Waals surface area contributed by atoms with Crippen molar-refractivity contribution in [2.24, 2.45) is 0 Å². The SMILES string of the molecule is CO[C@H]1CC[C@](C)(NCl)CC1. The van der Waals surface area contributed by atoms with Crippen molar-refractivity contribution in [3.05, 3.63) is 0 Å². The van der Waals surface area contributed by atoms with Crippen LogP contribution in [0, 0.1) is 0 Å². The lowest BCUT2D eigenvalue weighted by atomic mass is 9.83. The molecule has 1 saturated carbocycles. The molecular weight excluding hydrogens is 162 g/mol. The van der Waals surface area contributed by atoms with Crippen LogP contribution in [-0.4, -0.2) is 18.8 Å². The third kappa shape index (κ3) is 2.32. The number of rotatable bonds is 2. The van der Waals surface area contributed by atoms with E-state index in [0.717, 1.165) is 25.7 Å². The van der Waals surface area contributed by atoms with Crippen molar-refractivity contribution in [3.8, 4) is 0 Å². The predicted octanol–water partition coefficient (Wildman–Crippen LogP) is 2.08. The Kier molecular flexibility index (Phi) is 3.16. The third-order valence-corrected chi connectivity index (χ3v) is 3.05. The number of halogens is 1. The van der Waals surface area contributed by atoms with E-state index < -0.39 is 0 Å². The van der Waals surface area contributed by atoms with E-state index in [-0.39, 0.29) is 5.54 Å². The summed E-state index contributed by atoms with van der Waals surface area (Å²) in [4.78, 5) is 2.84. The molecule has 0 unspecified atom stereocenters. The molecule has 0 aliphatic heterocycles. The normalized spacial score (nSPS) is 39.0. The Hall–Kier alpha value is 0.210. The van der Waals surface area contributed by atoms with Gasteiger partial charge in [-0.05, 0) is 44.4 Å². The van der Waals surface area contributed by atoms with Crippen molar-refractivity contribution in [2.45, 2.75) is 44.2 Å². The largest absolute Gasteiger partial charge is 0.381 e. The van der Waals surface area contributed by atoms with E-state index in [1.807, 2.05) is 0 Å². The quantitative estimate of drug-likeness (QED) is 0.653. The number of methoxy groups -OCH3 is 1. The molecule has 1 rings (SSSR count). The van der Waals surface area contributed by atoms with E-state index in [1.54, 1.807) is 7.11 Å². The lowest BCUT2D eigenvalue weighted by Crippen LogP contribution is -2.41. The van der Waals surface area contributed by atoms with Crippen LogP contribution in [0.3, 0.4) is 0 Å². The van der Waals surface area contributed by atoms with Gasteiger partial charge in [0.1, 0.15) is 0 Å². The first-order valence-electron chi connectivity index (χ1n) is 4.11. The van der Waals surface area contributed by atoms with Crippen LogP contribution in [0.1, 0.15) is 32.6 Å². The molecule has 11 heavy (non-hydrogen) atoms. The summed E-state index contributed by atoms with van der Waals surface area (Å²) in [5.41, 5.74) is 0.136. The lowest BCUT2D eigenvalue weighted by Gasteiger charge is -2.35. The van der Waals surface area contributed by atoms with Crippen LogP contribution in [0.25, 0.3) is 0 Å². The van der Waals surface area contributed by atoms with Gasteiger partial charge in [-0.3, -0.25) is 0 Å². The third-order valence-electron chi connectivity index (χ3n) is 2.60. The zero-order chi connectivity index (χ0) is 8.32. The first kappa shape index (κ1) is 9.30. The second kappa shape index (κ2) is 3.74. The van der Waals surface area contributed by atoms with Crippen LogP contribution in [0.4, 0.5) is 0 Å². The molecule has 0 bridgehead atoms. The Labute approximate surface area is 73.4 Å². The highest BCUT2D eigenvalue weighted by atomic mass is 35.5. The molecule has 0 aromatic heterocycles. The van der Waals surface area contributed by atoms with Gasteiger partial charge in [0.2, 0.25) is 0 Å². The van der Waals surface area contributed by atoms with E-state index in [1.165, 1.54) is 0 Å². The van der Waals surface area contributed by atoms with Crippen molar-refractivity contribution in [3.63, 3.8) is 0 Å². The summed E-state index contributed by atoms with van der Waals surface area (Å²) in [7, 11) is 1.78. The summed E-state index contributed by atoms with van der Waals surface area (Å²) in [6, 6.07) is 0. The molecule has 3 heteroatoms. The van der Waals surface area contributed by atoms with Gasteiger partial charge in [0, 0.05) is 12.6 Å². The van der Waals surface area contributed by atoms with E-state index in [4.69, 9.17) is 16.5 Å². The molecule has 2 nitrogen and oxygen atoms in total. The van der Waals surface area contributed by atoms with Crippen LogP contribution < -0.4 is 4.84 Å². The van der Waals surface area contributed by atoms with Crippen LogP contribution in [-0.2, 0) is 4.74 Å². The minimum atomic E-state index is 0.136. The van der Waals surface area contributed by atoms with Gasteiger partial charge < -0.3 is 4.74 Å². The standard InChI is InChI=1S/C8H16ClNO/c1-8(10-9)5-3-7(11-2)4-6-8/h7,10H,3-6H2,1-2H3/t7-,8-. The fraction of sp³-hybridized carbons (Fsp3) is 1.00. The maximum absolute atomic E-state index is 5.62. The Morgan fingerprint density at radius 3 is 2.36 bits per heavy atom. The first-order chi connectivity index (χ1) is 5.20. The van der Waals surface area contributed by atoms with Crippen molar-refractivity contribution in [1.82, 2.24) is 4.84 Å².